The summed E-state index contributed by atoms with van der Waals surface area (Å²) in [6, 6.07) is 25.6. The molecular weight excluding hydrogens is 458 g/mol. The van der Waals surface area contributed by atoms with E-state index in [0.29, 0.717) is 23.0 Å². The number of nitrogens with zero attached hydrogens (tertiary/aromatic N) is 2. The Bertz CT molecular complexity index is 1330. The standard InChI is InChI=1S/C28H27N3O5/c1-19(2)36-24-15-14-21(16-25(24)34-3)28(33)35-18-27(32)29-26-17-23(20-10-6-4-7-11-20)30-31(26)22-12-8-5-9-13-22/h4-17,19H,18H2,1-3H3,(H,29,32). The van der Waals surface area contributed by atoms with Crippen LogP contribution >= 0.6 is 0 Å². The van der Waals surface area contributed by atoms with Crippen LogP contribution in [0.2, 0.25) is 0 Å². The summed E-state index contributed by atoms with van der Waals surface area (Å²) in [5, 5.41) is 7.46. The number of aromatic nitrogens is 2. The maximum Gasteiger partial charge on any atom is 0.338 e. The van der Waals surface area contributed by atoms with Gasteiger partial charge in [0.2, 0.25) is 0 Å². The molecule has 0 saturated heterocycles. The van der Waals surface area contributed by atoms with Crippen LogP contribution in [0.5, 0.6) is 11.5 Å². The third-order valence-corrected chi connectivity index (χ3v) is 5.14. The lowest BCUT2D eigenvalue weighted by molar-refractivity contribution is -0.119. The van der Waals surface area contributed by atoms with Crippen molar-refractivity contribution in [1.82, 2.24) is 9.78 Å². The SMILES string of the molecule is COc1cc(C(=O)OCC(=O)Nc2cc(-c3ccccc3)nn2-c2ccccc2)ccc1OC(C)C. The first-order chi connectivity index (χ1) is 17.4. The Morgan fingerprint density at radius 2 is 1.61 bits per heavy atom. The number of anilines is 1. The van der Waals surface area contributed by atoms with Crippen molar-refractivity contribution < 1.29 is 23.8 Å². The number of rotatable bonds is 9. The molecule has 0 saturated carbocycles. The molecule has 36 heavy (non-hydrogen) atoms. The van der Waals surface area contributed by atoms with Crippen molar-refractivity contribution >= 4 is 17.7 Å². The van der Waals surface area contributed by atoms with Gasteiger partial charge in [0.25, 0.3) is 5.91 Å². The molecule has 0 aliphatic carbocycles. The van der Waals surface area contributed by atoms with Crippen LogP contribution in [0, 0.1) is 0 Å². The van der Waals surface area contributed by atoms with Gasteiger partial charge < -0.3 is 19.5 Å². The van der Waals surface area contributed by atoms with Crippen LogP contribution < -0.4 is 14.8 Å². The number of methoxy groups -OCH3 is 1. The summed E-state index contributed by atoms with van der Waals surface area (Å²) in [6.45, 7) is 3.32. The van der Waals surface area contributed by atoms with Crippen LogP contribution in [0.3, 0.4) is 0 Å². The largest absolute Gasteiger partial charge is 0.493 e. The number of carbonyl (C=O) groups excluding carboxylic acids is 2. The number of nitrogens with one attached hydrogen (secondary N) is 1. The van der Waals surface area contributed by atoms with Crippen molar-refractivity contribution in [3.05, 3.63) is 90.5 Å². The monoisotopic (exact) mass is 485 g/mol. The van der Waals surface area contributed by atoms with Crippen LogP contribution in [0.15, 0.2) is 84.9 Å². The number of carbonyl (C=O) groups is 2. The lowest BCUT2D eigenvalue weighted by Crippen LogP contribution is -2.22. The van der Waals surface area contributed by atoms with Crippen molar-refractivity contribution in [2.75, 3.05) is 19.0 Å². The molecule has 8 nitrogen and oxygen atoms in total. The molecule has 1 amide bonds. The minimum atomic E-state index is -0.652. The van der Waals surface area contributed by atoms with Gasteiger partial charge in [-0.15, -0.1) is 0 Å². The topological polar surface area (TPSA) is 91.7 Å². The molecule has 1 aromatic heterocycles. The highest BCUT2D eigenvalue weighted by molar-refractivity contribution is 5.95. The summed E-state index contributed by atoms with van der Waals surface area (Å²) in [4.78, 5) is 25.3. The minimum Gasteiger partial charge on any atom is -0.493 e. The maximum absolute atomic E-state index is 12.7. The lowest BCUT2D eigenvalue weighted by Gasteiger charge is -2.14. The Balaban J connectivity index is 1.47. The first-order valence-electron chi connectivity index (χ1n) is 11.5. The molecule has 4 rings (SSSR count). The Kier molecular flexibility index (Phi) is 7.65. The number of esters is 1. The van der Waals surface area contributed by atoms with Gasteiger partial charge in [0.15, 0.2) is 18.1 Å². The Morgan fingerprint density at radius 1 is 0.917 bits per heavy atom. The molecular formula is C28H27N3O5. The molecule has 4 aromatic rings. The van der Waals surface area contributed by atoms with Crippen molar-refractivity contribution in [3.63, 3.8) is 0 Å². The van der Waals surface area contributed by atoms with Crippen LogP contribution in [0.1, 0.15) is 24.2 Å². The van der Waals surface area contributed by atoms with Crippen molar-refractivity contribution in [2.24, 2.45) is 0 Å². The summed E-state index contributed by atoms with van der Waals surface area (Å²) >= 11 is 0. The molecule has 1 N–H and O–H groups in total. The van der Waals surface area contributed by atoms with E-state index in [4.69, 9.17) is 14.2 Å². The highest BCUT2D eigenvalue weighted by Crippen LogP contribution is 2.29. The fraction of sp³-hybridized carbons (Fsp3) is 0.179. The number of hydrogen-bond donors (Lipinski definition) is 1. The zero-order chi connectivity index (χ0) is 25.5. The van der Waals surface area contributed by atoms with E-state index in [2.05, 4.69) is 10.4 Å². The lowest BCUT2D eigenvalue weighted by atomic mass is 10.2. The second-order valence-corrected chi connectivity index (χ2v) is 8.18. The van der Waals surface area contributed by atoms with E-state index in [1.54, 1.807) is 22.9 Å². The molecule has 0 radical (unpaired) electrons. The highest BCUT2D eigenvalue weighted by Gasteiger charge is 2.17. The van der Waals surface area contributed by atoms with Crippen LogP contribution in [-0.4, -0.2) is 41.5 Å². The second-order valence-electron chi connectivity index (χ2n) is 8.18. The number of benzene rings is 3. The predicted octanol–water partition coefficient (Wildman–Crippen LogP) is 5.13. The average Bonchev–Trinajstić information content (AvgIpc) is 3.32. The molecule has 0 fully saturated rings. The van der Waals surface area contributed by atoms with E-state index in [9.17, 15) is 9.59 Å². The van der Waals surface area contributed by atoms with Gasteiger partial charge in [0, 0.05) is 11.6 Å². The number of hydrogen-bond acceptors (Lipinski definition) is 6. The Hall–Kier alpha value is -4.59. The highest BCUT2D eigenvalue weighted by atomic mass is 16.5. The third-order valence-electron chi connectivity index (χ3n) is 5.14. The summed E-state index contributed by atoms with van der Waals surface area (Å²) in [7, 11) is 1.49. The molecule has 3 aromatic carbocycles. The van der Waals surface area contributed by atoms with E-state index in [1.807, 2.05) is 74.5 Å². The fourth-order valence-electron chi connectivity index (χ4n) is 3.53. The van der Waals surface area contributed by atoms with Crippen molar-refractivity contribution in [2.45, 2.75) is 20.0 Å². The summed E-state index contributed by atoms with van der Waals surface area (Å²) < 4.78 is 17.9. The van der Waals surface area contributed by atoms with Gasteiger partial charge in [-0.25, -0.2) is 9.48 Å². The van der Waals surface area contributed by atoms with Crippen molar-refractivity contribution in [3.8, 4) is 28.4 Å². The average molecular weight is 486 g/mol. The van der Waals surface area contributed by atoms with Gasteiger partial charge in [-0.2, -0.15) is 5.10 Å². The Morgan fingerprint density at radius 3 is 2.28 bits per heavy atom. The van der Waals surface area contributed by atoms with Crippen molar-refractivity contribution in [1.29, 1.82) is 0 Å². The molecule has 0 unspecified atom stereocenters. The van der Waals surface area contributed by atoms with Gasteiger partial charge in [0.1, 0.15) is 5.82 Å². The quantitative estimate of drug-likeness (QED) is 0.331. The van der Waals surface area contributed by atoms with Gasteiger partial charge in [-0.05, 0) is 44.2 Å². The molecule has 0 aliphatic heterocycles. The summed E-state index contributed by atoms with van der Waals surface area (Å²) in [5.74, 6) is 0.235. The molecule has 0 spiro atoms. The molecule has 1 heterocycles. The summed E-state index contributed by atoms with van der Waals surface area (Å²) in [5.41, 5.74) is 2.63. The minimum absolute atomic E-state index is 0.0490. The zero-order valence-electron chi connectivity index (χ0n) is 20.3. The first kappa shape index (κ1) is 24.5. The van der Waals surface area contributed by atoms with E-state index >= 15 is 0 Å². The fourth-order valence-corrected chi connectivity index (χ4v) is 3.53. The molecule has 0 atom stereocenters. The molecule has 0 aliphatic rings. The summed E-state index contributed by atoms with van der Waals surface area (Å²) in [6.07, 6.45) is -0.0490. The molecule has 8 heteroatoms. The van der Waals surface area contributed by atoms with Gasteiger partial charge in [0.05, 0.1) is 30.2 Å². The predicted molar refractivity (Wildman–Crippen MR) is 137 cm³/mol. The zero-order valence-corrected chi connectivity index (χ0v) is 20.3. The third kappa shape index (κ3) is 5.90. The van der Waals surface area contributed by atoms with Crippen LogP contribution in [0.25, 0.3) is 16.9 Å². The van der Waals surface area contributed by atoms with Gasteiger partial charge >= 0.3 is 5.97 Å². The number of amides is 1. The maximum atomic E-state index is 12.7. The first-order valence-corrected chi connectivity index (χ1v) is 11.5. The van der Waals surface area contributed by atoms with Crippen LogP contribution in [0.4, 0.5) is 5.82 Å². The van der Waals surface area contributed by atoms with E-state index < -0.39 is 18.5 Å². The Labute approximate surface area is 209 Å². The van der Waals surface area contributed by atoms with Gasteiger partial charge in [-0.3, -0.25) is 4.79 Å². The molecule has 184 valence electrons. The number of ether oxygens (including phenoxy) is 3. The van der Waals surface area contributed by atoms with Crippen LogP contribution in [-0.2, 0) is 9.53 Å². The molecule has 0 bridgehead atoms. The van der Waals surface area contributed by atoms with E-state index in [-0.39, 0.29) is 11.7 Å². The van der Waals surface area contributed by atoms with E-state index in [1.165, 1.54) is 13.2 Å². The van der Waals surface area contributed by atoms with E-state index in [0.717, 1.165) is 11.3 Å². The number of para-hydroxylation sites is 1. The normalized spacial score (nSPS) is 10.7. The van der Waals surface area contributed by atoms with Gasteiger partial charge in [-0.1, -0.05) is 48.5 Å². The second kappa shape index (κ2) is 11.2. The smallest absolute Gasteiger partial charge is 0.338 e.